The Morgan fingerprint density at radius 2 is 1.87 bits per heavy atom. The molecule has 5 heteroatoms. The van der Waals surface area contributed by atoms with Gasteiger partial charge in [-0.05, 0) is 38.2 Å². The Morgan fingerprint density at radius 1 is 1.17 bits per heavy atom. The van der Waals surface area contributed by atoms with E-state index in [4.69, 9.17) is 16.3 Å². The largest absolute Gasteiger partial charge is 0.492 e. The summed E-state index contributed by atoms with van der Waals surface area (Å²) in [6.45, 7) is 3.50. The van der Waals surface area contributed by atoms with Crippen LogP contribution < -0.4 is 10.1 Å². The summed E-state index contributed by atoms with van der Waals surface area (Å²) in [5.74, 6) is 0.737. The second-order valence-electron chi connectivity index (χ2n) is 5.43. The number of benzene rings is 2. The van der Waals surface area contributed by atoms with Crippen molar-refractivity contribution < 1.29 is 9.53 Å². The fourth-order valence-electron chi connectivity index (χ4n) is 2.03. The highest BCUT2D eigenvalue weighted by molar-refractivity contribution is 6.33. The summed E-state index contributed by atoms with van der Waals surface area (Å²) in [5, 5.41) is 3.34. The first-order valence-corrected chi connectivity index (χ1v) is 7.85. The quantitative estimate of drug-likeness (QED) is 0.842. The van der Waals surface area contributed by atoms with E-state index < -0.39 is 0 Å². The van der Waals surface area contributed by atoms with E-state index in [9.17, 15) is 4.79 Å². The number of hydrogen-bond donors (Lipinski definition) is 1. The highest BCUT2D eigenvalue weighted by atomic mass is 35.5. The summed E-state index contributed by atoms with van der Waals surface area (Å²) in [6.07, 6.45) is 0. The molecule has 1 amide bonds. The lowest BCUT2D eigenvalue weighted by molar-refractivity contribution is -0.117. The Kier molecular flexibility index (Phi) is 6.44. The summed E-state index contributed by atoms with van der Waals surface area (Å²) in [6, 6.07) is 15.1. The van der Waals surface area contributed by atoms with E-state index in [1.165, 1.54) is 5.56 Å². The molecule has 2 rings (SSSR count). The predicted molar refractivity (Wildman–Crippen MR) is 94.3 cm³/mol. The van der Waals surface area contributed by atoms with Gasteiger partial charge in [0.2, 0.25) is 5.91 Å². The number of nitrogens with zero attached hydrogens (tertiary/aromatic N) is 1. The molecule has 2 aromatic carbocycles. The van der Waals surface area contributed by atoms with Crippen molar-refractivity contribution in [1.29, 1.82) is 0 Å². The van der Waals surface area contributed by atoms with Gasteiger partial charge in [-0.3, -0.25) is 9.69 Å². The second kappa shape index (κ2) is 8.56. The second-order valence-corrected chi connectivity index (χ2v) is 5.83. The SMILES string of the molecule is Cc1ccc(OCCN(C)CC(=O)Nc2ccccc2Cl)cc1. The number of carbonyl (C=O) groups excluding carboxylic acids is 1. The van der Waals surface area contributed by atoms with Crippen LogP contribution in [0.4, 0.5) is 5.69 Å². The zero-order valence-corrected chi connectivity index (χ0v) is 14.1. The molecule has 23 heavy (non-hydrogen) atoms. The van der Waals surface area contributed by atoms with Gasteiger partial charge in [-0.15, -0.1) is 0 Å². The van der Waals surface area contributed by atoms with Crippen LogP contribution in [0.3, 0.4) is 0 Å². The van der Waals surface area contributed by atoms with Gasteiger partial charge in [0.1, 0.15) is 12.4 Å². The van der Waals surface area contributed by atoms with Gasteiger partial charge in [0.05, 0.1) is 17.3 Å². The summed E-state index contributed by atoms with van der Waals surface area (Å²) in [7, 11) is 1.88. The van der Waals surface area contributed by atoms with Gasteiger partial charge in [-0.1, -0.05) is 41.4 Å². The summed E-state index contributed by atoms with van der Waals surface area (Å²) in [5.41, 5.74) is 1.83. The molecule has 0 aliphatic rings. The van der Waals surface area contributed by atoms with Crippen LogP contribution in [-0.2, 0) is 4.79 Å². The molecule has 0 aromatic heterocycles. The van der Waals surface area contributed by atoms with Crippen LogP contribution in [0.15, 0.2) is 48.5 Å². The average Bonchev–Trinajstić information content (AvgIpc) is 2.51. The van der Waals surface area contributed by atoms with Gasteiger partial charge in [0, 0.05) is 6.54 Å². The summed E-state index contributed by atoms with van der Waals surface area (Å²) in [4.78, 5) is 13.9. The molecule has 0 saturated heterocycles. The molecule has 0 saturated carbocycles. The molecule has 1 N–H and O–H groups in total. The topological polar surface area (TPSA) is 41.6 Å². The lowest BCUT2D eigenvalue weighted by Crippen LogP contribution is -2.33. The first-order chi connectivity index (χ1) is 11.0. The van der Waals surface area contributed by atoms with Crippen molar-refractivity contribution in [3.05, 3.63) is 59.1 Å². The Morgan fingerprint density at radius 3 is 2.57 bits per heavy atom. The first kappa shape index (κ1) is 17.3. The molecular weight excluding hydrogens is 312 g/mol. The monoisotopic (exact) mass is 332 g/mol. The van der Waals surface area contributed by atoms with Crippen molar-refractivity contribution in [1.82, 2.24) is 4.90 Å². The Balaban J connectivity index is 1.71. The van der Waals surface area contributed by atoms with Crippen molar-refractivity contribution in [3.8, 4) is 5.75 Å². The number of halogens is 1. The van der Waals surface area contributed by atoms with E-state index in [0.29, 0.717) is 23.9 Å². The molecule has 0 unspecified atom stereocenters. The Bertz CT molecular complexity index is 644. The molecule has 0 heterocycles. The van der Waals surface area contributed by atoms with Crippen LogP contribution in [-0.4, -0.2) is 37.6 Å². The summed E-state index contributed by atoms with van der Waals surface area (Å²) >= 11 is 6.02. The maximum Gasteiger partial charge on any atom is 0.238 e. The van der Waals surface area contributed by atoms with Crippen molar-refractivity contribution in [2.45, 2.75) is 6.92 Å². The lowest BCUT2D eigenvalue weighted by atomic mass is 10.2. The zero-order valence-electron chi connectivity index (χ0n) is 13.4. The van der Waals surface area contributed by atoms with Crippen LogP contribution in [0.25, 0.3) is 0 Å². The van der Waals surface area contributed by atoms with Crippen molar-refractivity contribution in [3.63, 3.8) is 0 Å². The van der Waals surface area contributed by atoms with Crippen LogP contribution >= 0.6 is 11.6 Å². The maximum absolute atomic E-state index is 12.0. The number of ether oxygens (including phenoxy) is 1. The van der Waals surface area contributed by atoms with Gasteiger partial charge < -0.3 is 10.1 Å². The van der Waals surface area contributed by atoms with E-state index >= 15 is 0 Å². The Labute approximate surface area is 142 Å². The Hall–Kier alpha value is -2.04. The lowest BCUT2D eigenvalue weighted by Gasteiger charge is -2.17. The number of para-hydroxylation sites is 1. The summed E-state index contributed by atoms with van der Waals surface area (Å²) < 4.78 is 5.66. The highest BCUT2D eigenvalue weighted by Crippen LogP contribution is 2.20. The molecule has 0 spiro atoms. The molecular formula is C18H21ClN2O2. The smallest absolute Gasteiger partial charge is 0.238 e. The van der Waals surface area contributed by atoms with Crippen LogP contribution in [0.1, 0.15) is 5.56 Å². The van der Waals surface area contributed by atoms with E-state index in [0.717, 1.165) is 5.75 Å². The fourth-order valence-corrected chi connectivity index (χ4v) is 2.21. The van der Waals surface area contributed by atoms with Gasteiger partial charge in [0.15, 0.2) is 0 Å². The number of hydrogen-bond acceptors (Lipinski definition) is 3. The molecule has 2 aromatic rings. The molecule has 0 atom stereocenters. The predicted octanol–water partition coefficient (Wildman–Crippen LogP) is 3.60. The molecule has 4 nitrogen and oxygen atoms in total. The normalized spacial score (nSPS) is 10.6. The van der Waals surface area contributed by atoms with E-state index in [2.05, 4.69) is 5.32 Å². The highest BCUT2D eigenvalue weighted by Gasteiger charge is 2.08. The zero-order chi connectivity index (χ0) is 16.7. The van der Waals surface area contributed by atoms with Crippen molar-refractivity contribution in [2.24, 2.45) is 0 Å². The minimum Gasteiger partial charge on any atom is -0.492 e. The van der Waals surface area contributed by atoms with Gasteiger partial charge in [-0.25, -0.2) is 0 Å². The van der Waals surface area contributed by atoms with Gasteiger partial charge >= 0.3 is 0 Å². The minimum absolute atomic E-state index is 0.101. The van der Waals surface area contributed by atoms with Gasteiger partial charge in [0.25, 0.3) is 0 Å². The van der Waals surface area contributed by atoms with E-state index in [1.54, 1.807) is 12.1 Å². The third-order valence-electron chi connectivity index (χ3n) is 3.32. The fraction of sp³-hybridized carbons (Fsp3) is 0.278. The number of anilines is 1. The van der Waals surface area contributed by atoms with E-state index in [-0.39, 0.29) is 12.5 Å². The van der Waals surface area contributed by atoms with Crippen LogP contribution in [0.5, 0.6) is 5.75 Å². The molecule has 0 aliphatic carbocycles. The maximum atomic E-state index is 12.0. The number of rotatable bonds is 7. The van der Waals surface area contributed by atoms with Gasteiger partial charge in [-0.2, -0.15) is 0 Å². The number of aryl methyl sites for hydroxylation is 1. The minimum atomic E-state index is -0.101. The molecule has 0 radical (unpaired) electrons. The van der Waals surface area contributed by atoms with Crippen molar-refractivity contribution >= 4 is 23.2 Å². The number of likely N-dealkylation sites (N-methyl/N-ethyl adjacent to an activating group) is 1. The molecule has 122 valence electrons. The third-order valence-corrected chi connectivity index (χ3v) is 3.65. The van der Waals surface area contributed by atoms with Crippen molar-refractivity contribution in [2.75, 3.05) is 32.1 Å². The average molecular weight is 333 g/mol. The first-order valence-electron chi connectivity index (χ1n) is 7.47. The molecule has 0 bridgehead atoms. The third kappa shape index (κ3) is 5.93. The number of amides is 1. The van der Waals surface area contributed by atoms with E-state index in [1.807, 2.05) is 55.3 Å². The van der Waals surface area contributed by atoms with Crippen LogP contribution in [0.2, 0.25) is 5.02 Å². The standard InChI is InChI=1S/C18H21ClN2O2/c1-14-7-9-15(10-8-14)23-12-11-21(2)13-18(22)20-17-6-4-3-5-16(17)19/h3-10H,11-13H2,1-2H3,(H,20,22). The number of carbonyl (C=O) groups is 1. The molecule has 0 fully saturated rings. The van der Waals surface area contributed by atoms with Crippen LogP contribution in [0, 0.1) is 6.92 Å². The molecule has 0 aliphatic heterocycles. The number of nitrogens with one attached hydrogen (secondary N) is 1.